The molecule has 1 aliphatic heterocycles. The van der Waals surface area contributed by atoms with Gasteiger partial charge in [-0.2, -0.15) is 0 Å². The summed E-state index contributed by atoms with van der Waals surface area (Å²) in [5.74, 6) is 0. The Morgan fingerprint density at radius 3 is 2.87 bits per heavy atom. The summed E-state index contributed by atoms with van der Waals surface area (Å²) in [4.78, 5) is 6.55. The van der Waals surface area contributed by atoms with Crippen molar-refractivity contribution in [2.45, 2.75) is 6.42 Å². The fourth-order valence-electron chi connectivity index (χ4n) is 1.81. The highest BCUT2D eigenvalue weighted by molar-refractivity contribution is 6.30. The average Bonchev–Trinajstić information content (AvgIpc) is 2.28. The van der Waals surface area contributed by atoms with Crippen molar-refractivity contribution in [3.63, 3.8) is 0 Å². The Hall–Kier alpha value is -0.640. The van der Waals surface area contributed by atoms with Crippen LogP contribution in [0.3, 0.4) is 0 Å². The third-order valence-corrected chi connectivity index (χ3v) is 2.89. The number of nitrogens with one attached hydrogen (secondary N) is 1. The zero-order valence-corrected chi connectivity index (χ0v) is 9.50. The first-order valence-corrected chi connectivity index (χ1v) is 5.75. The lowest BCUT2D eigenvalue weighted by Crippen LogP contribution is -2.44. The van der Waals surface area contributed by atoms with Crippen LogP contribution in [0, 0.1) is 0 Å². The molecule has 1 N–H and O–H groups in total. The van der Waals surface area contributed by atoms with E-state index in [4.69, 9.17) is 11.6 Å². The van der Waals surface area contributed by atoms with Gasteiger partial charge >= 0.3 is 0 Å². The number of piperazine rings is 1. The Labute approximate surface area is 95.4 Å². The second-order valence-corrected chi connectivity index (χ2v) is 4.29. The molecule has 2 rings (SSSR count). The lowest BCUT2D eigenvalue weighted by Gasteiger charge is -2.27. The second-order valence-electron chi connectivity index (χ2n) is 3.85. The molecule has 3 nitrogen and oxygen atoms in total. The first-order valence-electron chi connectivity index (χ1n) is 5.37. The third-order valence-electron chi connectivity index (χ3n) is 2.69. The topological polar surface area (TPSA) is 28.2 Å². The van der Waals surface area contributed by atoms with Gasteiger partial charge in [-0.15, -0.1) is 0 Å². The fourth-order valence-corrected chi connectivity index (χ4v) is 2.01. The van der Waals surface area contributed by atoms with E-state index in [1.807, 2.05) is 12.3 Å². The molecule has 0 amide bonds. The van der Waals surface area contributed by atoms with Crippen LogP contribution in [0.1, 0.15) is 5.56 Å². The summed E-state index contributed by atoms with van der Waals surface area (Å²) in [6.45, 7) is 5.60. The van der Waals surface area contributed by atoms with Crippen molar-refractivity contribution in [2.24, 2.45) is 0 Å². The molecule has 0 radical (unpaired) electrons. The van der Waals surface area contributed by atoms with Crippen LogP contribution < -0.4 is 5.32 Å². The first-order chi connectivity index (χ1) is 7.34. The van der Waals surface area contributed by atoms with Crippen molar-refractivity contribution >= 4 is 11.6 Å². The normalized spacial score (nSPS) is 17.9. The lowest BCUT2D eigenvalue weighted by atomic mass is 10.2. The maximum absolute atomic E-state index is 5.88. The SMILES string of the molecule is Clc1cncc(CCN2CCNCC2)c1. The Kier molecular flexibility index (Phi) is 3.94. The number of halogens is 1. The molecule has 0 saturated carbocycles. The minimum Gasteiger partial charge on any atom is -0.314 e. The van der Waals surface area contributed by atoms with Gasteiger partial charge in [-0.25, -0.2) is 0 Å². The number of pyridine rings is 1. The van der Waals surface area contributed by atoms with Crippen molar-refractivity contribution in [3.05, 3.63) is 29.0 Å². The van der Waals surface area contributed by atoms with Gasteiger partial charge < -0.3 is 10.2 Å². The third kappa shape index (κ3) is 3.45. The lowest BCUT2D eigenvalue weighted by molar-refractivity contribution is 0.244. The summed E-state index contributed by atoms with van der Waals surface area (Å²) in [7, 11) is 0. The summed E-state index contributed by atoms with van der Waals surface area (Å²) >= 11 is 5.88. The minimum atomic E-state index is 0.729. The van der Waals surface area contributed by atoms with E-state index in [-0.39, 0.29) is 0 Å². The molecule has 1 aromatic rings. The second kappa shape index (κ2) is 5.45. The van der Waals surface area contributed by atoms with E-state index < -0.39 is 0 Å². The molecule has 0 aliphatic carbocycles. The molecule has 15 heavy (non-hydrogen) atoms. The number of hydrogen-bond donors (Lipinski definition) is 1. The van der Waals surface area contributed by atoms with Gasteiger partial charge in [-0.3, -0.25) is 4.98 Å². The Bertz CT molecular complexity index is 310. The van der Waals surface area contributed by atoms with Crippen molar-refractivity contribution in [1.29, 1.82) is 0 Å². The van der Waals surface area contributed by atoms with Gasteiger partial charge in [-0.05, 0) is 18.1 Å². The van der Waals surface area contributed by atoms with Gasteiger partial charge in [0.15, 0.2) is 0 Å². The smallest absolute Gasteiger partial charge is 0.0592 e. The van der Waals surface area contributed by atoms with E-state index >= 15 is 0 Å². The van der Waals surface area contributed by atoms with Crippen LogP contribution in [0.25, 0.3) is 0 Å². The van der Waals surface area contributed by atoms with Crippen LogP contribution in [0.2, 0.25) is 5.02 Å². The van der Waals surface area contributed by atoms with Crippen LogP contribution in [0.4, 0.5) is 0 Å². The van der Waals surface area contributed by atoms with Gasteiger partial charge in [0.05, 0.1) is 5.02 Å². The zero-order valence-electron chi connectivity index (χ0n) is 8.75. The van der Waals surface area contributed by atoms with Crippen LogP contribution in [0.15, 0.2) is 18.5 Å². The molecule has 0 spiro atoms. The molecule has 0 aromatic carbocycles. The standard InChI is InChI=1S/C11H16ClN3/c12-11-7-10(8-14-9-11)1-4-15-5-2-13-3-6-15/h7-9,13H,1-6H2. The predicted octanol–water partition coefficient (Wildman–Crippen LogP) is 1.18. The van der Waals surface area contributed by atoms with E-state index in [9.17, 15) is 0 Å². The fraction of sp³-hybridized carbons (Fsp3) is 0.545. The number of nitrogens with zero attached hydrogens (tertiary/aromatic N) is 2. The number of aromatic nitrogens is 1. The Morgan fingerprint density at radius 1 is 1.33 bits per heavy atom. The van der Waals surface area contributed by atoms with E-state index in [0.717, 1.165) is 44.2 Å². The number of rotatable bonds is 3. The highest BCUT2D eigenvalue weighted by Gasteiger charge is 2.08. The quantitative estimate of drug-likeness (QED) is 0.838. The Morgan fingerprint density at radius 2 is 2.13 bits per heavy atom. The highest BCUT2D eigenvalue weighted by atomic mass is 35.5. The largest absolute Gasteiger partial charge is 0.314 e. The molecule has 1 saturated heterocycles. The summed E-state index contributed by atoms with van der Waals surface area (Å²) < 4.78 is 0. The molecular weight excluding hydrogens is 210 g/mol. The van der Waals surface area contributed by atoms with E-state index in [1.165, 1.54) is 5.56 Å². The maximum atomic E-state index is 5.88. The molecule has 4 heteroatoms. The van der Waals surface area contributed by atoms with Gasteiger partial charge in [0.1, 0.15) is 0 Å². The first kappa shape index (κ1) is 10.9. The molecule has 1 aliphatic rings. The molecule has 0 unspecified atom stereocenters. The predicted molar refractivity (Wildman–Crippen MR) is 62.3 cm³/mol. The van der Waals surface area contributed by atoms with E-state index in [1.54, 1.807) is 6.20 Å². The molecular formula is C11H16ClN3. The molecule has 1 fully saturated rings. The van der Waals surface area contributed by atoms with Crippen molar-refractivity contribution in [3.8, 4) is 0 Å². The molecule has 0 atom stereocenters. The molecule has 82 valence electrons. The van der Waals surface area contributed by atoms with Crippen LogP contribution in [0.5, 0.6) is 0 Å². The van der Waals surface area contributed by atoms with Gasteiger partial charge in [-0.1, -0.05) is 11.6 Å². The summed E-state index contributed by atoms with van der Waals surface area (Å²) in [5, 5.41) is 4.08. The maximum Gasteiger partial charge on any atom is 0.0592 e. The molecule has 1 aromatic heterocycles. The van der Waals surface area contributed by atoms with Crippen molar-refractivity contribution in [1.82, 2.24) is 15.2 Å². The van der Waals surface area contributed by atoms with E-state index in [0.29, 0.717) is 0 Å². The zero-order chi connectivity index (χ0) is 10.5. The molecule has 0 bridgehead atoms. The highest BCUT2D eigenvalue weighted by Crippen LogP contribution is 2.09. The monoisotopic (exact) mass is 225 g/mol. The summed E-state index contributed by atoms with van der Waals surface area (Å²) in [6, 6.07) is 2.00. The number of hydrogen-bond acceptors (Lipinski definition) is 3. The van der Waals surface area contributed by atoms with Gasteiger partial charge in [0, 0.05) is 45.1 Å². The van der Waals surface area contributed by atoms with Gasteiger partial charge in [0.2, 0.25) is 0 Å². The van der Waals surface area contributed by atoms with Gasteiger partial charge in [0.25, 0.3) is 0 Å². The van der Waals surface area contributed by atoms with Crippen molar-refractivity contribution < 1.29 is 0 Å². The summed E-state index contributed by atoms with van der Waals surface area (Å²) in [5.41, 5.74) is 1.22. The molecule has 2 heterocycles. The Balaban J connectivity index is 1.81. The van der Waals surface area contributed by atoms with Crippen molar-refractivity contribution in [2.75, 3.05) is 32.7 Å². The van der Waals surface area contributed by atoms with Crippen LogP contribution in [-0.4, -0.2) is 42.6 Å². The average molecular weight is 226 g/mol. The minimum absolute atomic E-state index is 0.729. The van der Waals surface area contributed by atoms with Crippen LogP contribution >= 0.6 is 11.6 Å². The summed E-state index contributed by atoms with van der Waals surface area (Å²) in [6.07, 6.45) is 4.61. The van der Waals surface area contributed by atoms with E-state index in [2.05, 4.69) is 15.2 Å². The van der Waals surface area contributed by atoms with Crippen LogP contribution in [-0.2, 0) is 6.42 Å².